The molecule has 0 aromatic heterocycles. The number of hydrogen-bond donors (Lipinski definition) is 2. The van der Waals surface area contributed by atoms with Crippen LogP contribution < -0.4 is 5.32 Å². The van der Waals surface area contributed by atoms with Crippen molar-refractivity contribution < 1.29 is 23.5 Å². The highest BCUT2D eigenvalue weighted by molar-refractivity contribution is 5.96. The van der Waals surface area contributed by atoms with E-state index in [9.17, 15) is 23.5 Å². The first-order valence-electron chi connectivity index (χ1n) is 7.50. The number of nitrogens with one attached hydrogen (secondary N) is 1. The van der Waals surface area contributed by atoms with E-state index in [1.807, 2.05) is 30.3 Å². The molecule has 1 amide bonds. The molecule has 0 saturated carbocycles. The van der Waals surface area contributed by atoms with Gasteiger partial charge in [0, 0.05) is 6.07 Å². The molecule has 1 atom stereocenters. The molecular formula is C18H17F2NO3. The molecule has 2 N–H and O–H groups in total. The first kappa shape index (κ1) is 17.6. The van der Waals surface area contributed by atoms with Crippen LogP contribution in [0.2, 0.25) is 0 Å². The van der Waals surface area contributed by atoms with Gasteiger partial charge in [-0.2, -0.15) is 0 Å². The van der Waals surface area contributed by atoms with Crippen molar-refractivity contribution in [1.82, 2.24) is 5.32 Å². The van der Waals surface area contributed by atoms with Crippen LogP contribution in [0, 0.1) is 11.6 Å². The van der Waals surface area contributed by atoms with E-state index in [1.54, 1.807) is 0 Å². The second kappa shape index (κ2) is 8.19. The van der Waals surface area contributed by atoms with Gasteiger partial charge in [0.1, 0.15) is 17.7 Å². The van der Waals surface area contributed by atoms with Crippen LogP contribution in [0.25, 0.3) is 0 Å². The number of carbonyl (C=O) groups is 2. The Labute approximate surface area is 138 Å². The van der Waals surface area contributed by atoms with Gasteiger partial charge in [-0.25, -0.2) is 13.6 Å². The molecule has 0 radical (unpaired) electrons. The number of amides is 1. The van der Waals surface area contributed by atoms with E-state index in [-0.39, 0.29) is 12.0 Å². The van der Waals surface area contributed by atoms with Crippen molar-refractivity contribution in [2.45, 2.75) is 25.3 Å². The molecule has 126 valence electrons. The standard InChI is InChI=1S/C18H17F2NO3/c19-13-9-10-14(15(20)11-13)17(22)21-16(18(23)24)8-4-7-12-5-2-1-3-6-12/h1-3,5-6,9-11,16H,4,7-8H2,(H,21,22)(H,23,24)/t16-/m0/s1. The fraction of sp³-hybridized carbons (Fsp3) is 0.222. The average molecular weight is 333 g/mol. The Balaban J connectivity index is 1.95. The van der Waals surface area contributed by atoms with Crippen LogP contribution in [0.5, 0.6) is 0 Å². The molecule has 0 spiro atoms. The largest absolute Gasteiger partial charge is 0.480 e. The van der Waals surface area contributed by atoms with Crippen molar-refractivity contribution in [3.63, 3.8) is 0 Å². The van der Waals surface area contributed by atoms with Crippen molar-refractivity contribution in [2.24, 2.45) is 0 Å². The lowest BCUT2D eigenvalue weighted by molar-refractivity contribution is -0.139. The summed E-state index contributed by atoms with van der Waals surface area (Å²) in [6.45, 7) is 0. The molecule has 0 aliphatic carbocycles. The maximum absolute atomic E-state index is 13.6. The summed E-state index contributed by atoms with van der Waals surface area (Å²) in [5, 5.41) is 11.5. The van der Waals surface area contributed by atoms with Gasteiger partial charge < -0.3 is 10.4 Å². The summed E-state index contributed by atoms with van der Waals surface area (Å²) in [7, 11) is 0. The summed E-state index contributed by atoms with van der Waals surface area (Å²) >= 11 is 0. The number of aryl methyl sites for hydroxylation is 1. The Morgan fingerprint density at radius 2 is 1.79 bits per heavy atom. The molecule has 4 nitrogen and oxygen atoms in total. The lowest BCUT2D eigenvalue weighted by atomic mass is 10.0. The molecule has 0 aliphatic heterocycles. The van der Waals surface area contributed by atoms with Crippen LogP contribution in [-0.4, -0.2) is 23.0 Å². The summed E-state index contributed by atoms with van der Waals surface area (Å²) < 4.78 is 26.4. The normalized spacial score (nSPS) is 11.8. The molecule has 0 fully saturated rings. The number of carbonyl (C=O) groups excluding carboxylic acids is 1. The molecule has 6 heteroatoms. The van der Waals surface area contributed by atoms with Crippen molar-refractivity contribution >= 4 is 11.9 Å². The van der Waals surface area contributed by atoms with Gasteiger partial charge in [0.25, 0.3) is 5.91 Å². The summed E-state index contributed by atoms with van der Waals surface area (Å²) in [6, 6.07) is 10.9. The Hall–Kier alpha value is -2.76. The number of carboxylic acid groups (broad SMARTS) is 1. The second-order valence-corrected chi connectivity index (χ2v) is 5.37. The van der Waals surface area contributed by atoms with Crippen LogP contribution in [0.15, 0.2) is 48.5 Å². The molecule has 0 aliphatic rings. The van der Waals surface area contributed by atoms with Gasteiger partial charge in [-0.05, 0) is 37.0 Å². The van der Waals surface area contributed by atoms with Crippen LogP contribution in [-0.2, 0) is 11.2 Å². The second-order valence-electron chi connectivity index (χ2n) is 5.37. The number of rotatable bonds is 7. The average Bonchev–Trinajstić information content (AvgIpc) is 2.54. The van der Waals surface area contributed by atoms with E-state index in [4.69, 9.17) is 0 Å². The minimum atomic E-state index is -1.20. The van der Waals surface area contributed by atoms with Gasteiger partial charge >= 0.3 is 5.97 Å². The van der Waals surface area contributed by atoms with E-state index in [0.29, 0.717) is 18.9 Å². The van der Waals surface area contributed by atoms with E-state index >= 15 is 0 Å². The lowest BCUT2D eigenvalue weighted by Crippen LogP contribution is -2.41. The fourth-order valence-electron chi connectivity index (χ4n) is 2.32. The zero-order chi connectivity index (χ0) is 17.5. The Bertz CT molecular complexity index is 719. The van der Waals surface area contributed by atoms with Crippen LogP contribution >= 0.6 is 0 Å². The first-order valence-corrected chi connectivity index (χ1v) is 7.50. The van der Waals surface area contributed by atoms with Gasteiger partial charge in [0.05, 0.1) is 5.56 Å². The molecule has 0 unspecified atom stereocenters. The molecule has 0 saturated heterocycles. The summed E-state index contributed by atoms with van der Waals surface area (Å²) in [5.41, 5.74) is 0.684. The van der Waals surface area contributed by atoms with E-state index in [0.717, 1.165) is 17.7 Å². The van der Waals surface area contributed by atoms with Crippen molar-refractivity contribution in [3.8, 4) is 0 Å². The van der Waals surface area contributed by atoms with Crippen molar-refractivity contribution in [1.29, 1.82) is 0 Å². The number of benzene rings is 2. The predicted octanol–water partition coefficient (Wildman–Crippen LogP) is 3.17. The highest BCUT2D eigenvalue weighted by atomic mass is 19.1. The van der Waals surface area contributed by atoms with Crippen molar-refractivity contribution in [3.05, 3.63) is 71.3 Å². The summed E-state index contributed by atoms with van der Waals surface area (Å²) in [4.78, 5) is 23.3. The van der Waals surface area contributed by atoms with Gasteiger partial charge in [0.15, 0.2) is 0 Å². The third kappa shape index (κ3) is 4.87. The van der Waals surface area contributed by atoms with E-state index in [2.05, 4.69) is 5.32 Å². The Morgan fingerprint density at radius 1 is 1.08 bits per heavy atom. The zero-order valence-corrected chi connectivity index (χ0v) is 12.8. The zero-order valence-electron chi connectivity index (χ0n) is 12.8. The predicted molar refractivity (Wildman–Crippen MR) is 84.6 cm³/mol. The van der Waals surface area contributed by atoms with E-state index < -0.39 is 29.6 Å². The number of hydrogen-bond acceptors (Lipinski definition) is 2. The maximum atomic E-state index is 13.6. The lowest BCUT2D eigenvalue weighted by Gasteiger charge is -2.15. The monoisotopic (exact) mass is 333 g/mol. The third-order valence-electron chi connectivity index (χ3n) is 3.58. The molecule has 0 bridgehead atoms. The number of halogens is 2. The van der Waals surface area contributed by atoms with Crippen molar-refractivity contribution in [2.75, 3.05) is 0 Å². The summed E-state index contributed by atoms with van der Waals surface area (Å²) in [5.74, 6) is -3.90. The fourth-order valence-corrected chi connectivity index (χ4v) is 2.32. The number of carboxylic acids is 1. The first-order chi connectivity index (χ1) is 11.5. The number of aliphatic carboxylic acids is 1. The summed E-state index contributed by atoms with van der Waals surface area (Å²) in [6.07, 6.45) is 1.43. The molecular weight excluding hydrogens is 316 g/mol. The van der Waals surface area contributed by atoms with Gasteiger partial charge in [-0.15, -0.1) is 0 Å². The molecule has 2 aromatic carbocycles. The highest BCUT2D eigenvalue weighted by Crippen LogP contribution is 2.11. The van der Waals surface area contributed by atoms with Crippen LogP contribution in [0.4, 0.5) is 8.78 Å². The maximum Gasteiger partial charge on any atom is 0.326 e. The third-order valence-corrected chi connectivity index (χ3v) is 3.58. The topological polar surface area (TPSA) is 66.4 Å². The van der Waals surface area contributed by atoms with Gasteiger partial charge in [-0.1, -0.05) is 30.3 Å². The van der Waals surface area contributed by atoms with Gasteiger partial charge in [0.2, 0.25) is 0 Å². The Kier molecular flexibility index (Phi) is 6.01. The van der Waals surface area contributed by atoms with E-state index in [1.165, 1.54) is 0 Å². The molecule has 24 heavy (non-hydrogen) atoms. The Morgan fingerprint density at radius 3 is 2.42 bits per heavy atom. The smallest absolute Gasteiger partial charge is 0.326 e. The molecule has 2 aromatic rings. The minimum Gasteiger partial charge on any atom is -0.480 e. The quantitative estimate of drug-likeness (QED) is 0.818. The highest BCUT2D eigenvalue weighted by Gasteiger charge is 2.22. The van der Waals surface area contributed by atoms with Crippen LogP contribution in [0.1, 0.15) is 28.8 Å². The SMILES string of the molecule is O=C(N[C@@H](CCCc1ccccc1)C(=O)O)c1ccc(F)cc1F. The minimum absolute atomic E-state index is 0.207. The van der Waals surface area contributed by atoms with Gasteiger partial charge in [-0.3, -0.25) is 4.79 Å². The van der Waals surface area contributed by atoms with Crippen LogP contribution in [0.3, 0.4) is 0 Å². The molecule has 0 heterocycles. The molecule has 2 rings (SSSR count).